The van der Waals surface area contributed by atoms with Crippen molar-refractivity contribution < 1.29 is 4.79 Å². The molecule has 0 atom stereocenters. The average Bonchev–Trinajstić information content (AvgIpc) is 2.39. The second-order valence-electron chi connectivity index (χ2n) is 5.21. The van der Waals surface area contributed by atoms with E-state index < -0.39 is 5.41 Å². The Morgan fingerprint density at radius 3 is 2.35 bits per heavy atom. The van der Waals surface area contributed by atoms with Crippen molar-refractivity contribution in [2.75, 3.05) is 10.6 Å². The second kappa shape index (κ2) is 6.40. The first kappa shape index (κ1) is 15.3. The monoisotopic (exact) mass is 268 g/mol. The number of nitriles is 2. The van der Waals surface area contributed by atoms with E-state index in [0.717, 1.165) is 0 Å². The molecule has 0 radical (unpaired) electrons. The highest BCUT2D eigenvalue weighted by Gasteiger charge is 2.21. The van der Waals surface area contributed by atoms with Crippen LogP contribution in [0.15, 0.2) is 36.0 Å². The van der Waals surface area contributed by atoms with Gasteiger partial charge in [-0.1, -0.05) is 26.8 Å². The number of amides is 1. The third-order valence-corrected chi connectivity index (χ3v) is 2.43. The standard InChI is InChI=1S/C15H16N4O/c1-15(2,3)14(20)19-13-6-4-5-12(7-13)18-10-11(8-16)9-17/h4-7,10,18H,1-3H3,(H,19,20). The van der Waals surface area contributed by atoms with Crippen LogP contribution in [0.3, 0.4) is 0 Å². The summed E-state index contributed by atoms with van der Waals surface area (Å²) in [5.41, 5.74) is 0.839. The van der Waals surface area contributed by atoms with Gasteiger partial charge in [0.15, 0.2) is 0 Å². The van der Waals surface area contributed by atoms with E-state index in [-0.39, 0.29) is 11.5 Å². The van der Waals surface area contributed by atoms with E-state index in [0.29, 0.717) is 11.4 Å². The highest BCUT2D eigenvalue weighted by molar-refractivity contribution is 5.94. The van der Waals surface area contributed by atoms with E-state index in [1.807, 2.05) is 20.8 Å². The third kappa shape index (κ3) is 4.47. The van der Waals surface area contributed by atoms with E-state index in [4.69, 9.17) is 10.5 Å². The molecule has 0 unspecified atom stereocenters. The number of rotatable bonds is 3. The number of allylic oxidation sites excluding steroid dienone is 1. The lowest BCUT2D eigenvalue weighted by Gasteiger charge is -2.18. The zero-order valence-electron chi connectivity index (χ0n) is 11.7. The van der Waals surface area contributed by atoms with Crippen molar-refractivity contribution in [2.45, 2.75) is 20.8 Å². The summed E-state index contributed by atoms with van der Waals surface area (Å²) in [6.45, 7) is 5.50. The maximum atomic E-state index is 11.9. The van der Waals surface area contributed by atoms with Crippen LogP contribution in [0.25, 0.3) is 0 Å². The predicted octanol–water partition coefficient (Wildman–Crippen LogP) is 3.01. The van der Waals surface area contributed by atoms with Crippen molar-refractivity contribution in [1.82, 2.24) is 0 Å². The maximum Gasteiger partial charge on any atom is 0.229 e. The molecular weight excluding hydrogens is 252 g/mol. The molecule has 20 heavy (non-hydrogen) atoms. The van der Waals surface area contributed by atoms with Crippen molar-refractivity contribution in [3.05, 3.63) is 36.0 Å². The van der Waals surface area contributed by atoms with Gasteiger partial charge >= 0.3 is 0 Å². The average molecular weight is 268 g/mol. The van der Waals surface area contributed by atoms with E-state index in [1.54, 1.807) is 36.4 Å². The van der Waals surface area contributed by atoms with Crippen molar-refractivity contribution in [2.24, 2.45) is 5.41 Å². The first-order valence-corrected chi connectivity index (χ1v) is 6.05. The summed E-state index contributed by atoms with van der Waals surface area (Å²) in [6, 6.07) is 10.6. The smallest absolute Gasteiger partial charge is 0.229 e. The van der Waals surface area contributed by atoms with Gasteiger partial charge in [-0.05, 0) is 18.2 Å². The third-order valence-electron chi connectivity index (χ3n) is 2.43. The van der Waals surface area contributed by atoms with Gasteiger partial charge < -0.3 is 10.6 Å². The van der Waals surface area contributed by atoms with Gasteiger partial charge in [0.05, 0.1) is 0 Å². The largest absolute Gasteiger partial charge is 0.360 e. The molecule has 5 nitrogen and oxygen atoms in total. The van der Waals surface area contributed by atoms with Gasteiger partial charge in [0, 0.05) is 23.0 Å². The van der Waals surface area contributed by atoms with E-state index in [9.17, 15) is 4.79 Å². The molecular formula is C15H16N4O. The molecule has 0 aliphatic heterocycles. The zero-order chi connectivity index (χ0) is 15.2. The Kier molecular flexibility index (Phi) is 4.88. The molecule has 1 amide bonds. The molecule has 5 heteroatoms. The first-order valence-electron chi connectivity index (χ1n) is 6.05. The van der Waals surface area contributed by atoms with Gasteiger partial charge in [-0.15, -0.1) is 0 Å². The molecule has 0 heterocycles. The predicted molar refractivity (Wildman–Crippen MR) is 77.5 cm³/mol. The molecule has 102 valence electrons. The highest BCUT2D eigenvalue weighted by Crippen LogP contribution is 2.20. The van der Waals surface area contributed by atoms with Crippen molar-refractivity contribution in [3.8, 4) is 12.1 Å². The van der Waals surface area contributed by atoms with E-state index >= 15 is 0 Å². The number of carbonyl (C=O) groups excluding carboxylic acids is 1. The van der Waals surface area contributed by atoms with Gasteiger partial charge in [-0.3, -0.25) is 4.79 Å². The highest BCUT2D eigenvalue weighted by atomic mass is 16.2. The van der Waals surface area contributed by atoms with Gasteiger partial charge in [0.25, 0.3) is 0 Å². The normalized spacial score (nSPS) is 9.85. The fourth-order valence-corrected chi connectivity index (χ4v) is 1.25. The van der Waals surface area contributed by atoms with Gasteiger partial charge in [-0.2, -0.15) is 10.5 Å². The Labute approximate surface area is 118 Å². The number of benzene rings is 1. The van der Waals surface area contributed by atoms with Crippen LogP contribution in [-0.2, 0) is 4.79 Å². The van der Waals surface area contributed by atoms with Crippen LogP contribution >= 0.6 is 0 Å². The van der Waals surface area contributed by atoms with Crippen LogP contribution in [0.4, 0.5) is 11.4 Å². The lowest BCUT2D eigenvalue weighted by molar-refractivity contribution is -0.123. The zero-order valence-corrected chi connectivity index (χ0v) is 11.7. The molecule has 0 saturated heterocycles. The SMILES string of the molecule is CC(C)(C)C(=O)Nc1cccc(NC=C(C#N)C#N)c1. The van der Waals surface area contributed by atoms with E-state index in [2.05, 4.69) is 10.6 Å². The van der Waals surface area contributed by atoms with Crippen molar-refractivity contribution in [1.29, 1.82) is 10.5 Å². The van der Waals surface area contributed by atoms with Crippen LogP contribution in [0, 0.1) is 28.1 Å². The topological polar surface area (TPSA) is 88.7 Å². The minimum atomic E-state index is -0.474. The second-order valence-corrected chi connectivity index (χ2v) is 5.21. The van der Waals surface area contributed by atoms with Crippen LogP contribution < -0.4 is 10.6 Å². The number of anilines is 2. The van der Waals surface area contributed by atoms with Crippen LogP contribution in [0.2, 0.25) is 0 Å². The molecule has 0 fully saturated rings. The molecule has 0 aromatic heterocycles. The lowest BCUT2D eigenvalue weighted by atomic mass is 9.95. The minimum Gasteiger partial charge on any atom is -0.360 e. The summed E-state index contributed by atoms with van der Waals surface area (Å²) >= 11 is 0. The summed E-state index contributed by atoms with van der Waals surface area (Å²) in [7, 11) is 0. The Morgan fingerprint density at radius 2 is 1.80 bits per heavy atom. The van der Waals surface area contributed by atoms with Crippen molar-refractivity contribution >= 4 is 17.3 Å². The molecule has 0 spiro atoms. The van der Waals surface area contributed by atoms with Crippen LogP contribution in [-0.4, -0.2) is 5.91 Å². The van der Waals surface area contributed by atoms with Gasteiger partial charge in [0.1, 0.15) is 17.7 Å². The summed E-state index contributed by atoms with van der Waals surface area (Å²) in [5, 5.41) is 22.9. The molecule has 2 N–H and O–H groups in total. The summed E-state index contributed by atoms with van der Waals surface area (Å²) in [5.74, 6) is -0.0834. The minimum absolute atomic E-state index is 0.0193. The molecule has 0 saturated carbocycles. The number of nitrogens with one attached hydrogen (secondary N) is 2. The quantitative estimate of drug-likeness (QED) is 0.825. The number of carbonyl (C=O) groups is 1. The van der Waals surface area contributed by atoms with Crippen LogP contribution in [0.1, 0.15) is 20.8 Å². The van der Waals surface area contributed by atoms with Crippen molar-refractivity contribution in [3.63, 3.8) is 0 Å². The molecule has 0 aliphatic rings. The van der Waals surface area contributed by atoms with Crippen LogP contribution in [0.5, 0.6) is 0 Å². The van der Waals surface area contributed by atoms with Gasteiger partial charge in [-0.25, -0.2) is 0 Å². The summed E-state index contributed by atoms with van der Waals surface area (Å²) < 4.78 is 0. The summed E-state index contributed by atoms with van der Waals surface area (Å²) in [6.07, 6.45) is 1.32. The fraction of sp³-hybridized carbons (Fsp3) is 0.267. The summed E-state index contributed by atoms with van der Waals surface area (Å²) in [4.78, 5) is 11.9. The molecule has 1 aromatic carbocycles. The number of nitrogens with zero attached hydrogens (tertiary/aromatic N) is 2. The number of hydrogen-bond acceptors (Lipinski definition) is 4. The fourth-order valence-electron chi connectivity index (χ4n) is 1.25. The Balaban J connectivity index is 2.83. The van der Waals surface area contributed by atoms with Gasteiger partial charge in [0.2, 0.25) is 5.91 Å². The molecule has 1 rings (SSSR count). The van der Waals surface area contributed by atoms with E-state index in [1.165, 1.54) is 6.20 Å². The lowest BCUT2D eigenvalue weighted by Crippen LogP contribution is -2.27. The maximum absolute atomic E-state index is 11.9. The number of hydrogen-bond donors (Lipinski definition) is 2. The Morgan fingerprint density at radius 1 is 1.20 bits per heavy atom. The molecule has 1 aromatic rings. The Bertz CT molecular complexity index is 596. The molecule has 0 aliphatic carbocycles. The first-order chi connectivity index (χ1) is 9.36. The molecule has 0 bridgehead atoms. The Hall–Kier alpha value is -2.79.